The van der Waals surface area contributed by atoms with Crippen LogP contribution in [0.4, 0.5) is 0 Å². The zero-order chi connectivity index (χ0) is 20.1. The molecule has 10 heteroatoms. The van der Waals surface area contributed by atoms with E-state index in [0.717, 1.165) is 71.4 Å². The summed E-state index contributed by atoms with van der Waals surface area (Å²) in [5.74, 6) is 0.519. The first kappa shape index (κ1) is 20.2. The van der Waals surface area contributed by atoms with Gasteiger partial charge in [-0.05, 0) is 49.0 Å². The molecule has 0 aromatic carbocycles. The summed E-state index contributed by atoms with van der Waals surface area (Å²) in [6, 6.07) is 0.798. The SMILES string of the molecule is O=C(Cn1cnnn1)NCCN(C1CCOCC1)C1CCCN(C(=O)C2CC2)C1. The second-order valence-corrected chi connectivity index (χ2v) is 8.29. The molecule has 1 aliphatic carbocycles. The van der Waals surface area contributed by atoms with Crippen molar-refractivity contribution >= 4 is 11.8 Å². The van der Waals surface area contributed by atoms with Crippen LogP contribution in [-0.4, -0.2) is 93.3 Å². The Morgan fingerprint density at radius 3 is 2.69 bits per heavy atom. The summed E-state index contributed by atoms with van der Waals surface area (Å²) >= 11 is 0. The fourth-order valence-corrected chi connectivity index (χ4v) is 4.47. The van der Waals surface area contributed by atoms with Crippen molar-refractivity contribution in [3.63, 3.8) is 0 Å². The number of nitrogens with one attached hydrogen (secondary N) is 1. The molecule has 1 saturated carbocycles. The van der Waals surface area contributed by atoms with E-state index in [1.807, 2.05) is 0 Å². The average molecular weight is 406 g/mol. The second kappa shape index (κ2) is 9.62. The fourth-order valence-electron chi connectivity index (χ4n) is 4.47. The van der Waals surface area contributed by atoms with Gasteiger partial charge in [0.1, 0.15) is 12.9 Å². The van der Waals surface area contributed by atoms with Crippen LogP contribution in [0.5, 0.6) is 0 Å². The predicted octanol–water partition coefficient (Wildman–Crippen LogP) is -0.329. The molecule has 3 fully saturated rings. The maximum absolute atomic E-state index is 12.6. The molecule has 10 nitrogen and oxygen atoms in total. The normalized spacial score (nSPS) is 23.3. The Kier molecular flexibility index (Phi) is 6.70. The van der Waals surface area contributed by atoms with E-state index in [-0.39, 0.29) is 18.4 Å². The largest absolute Gasteiger partial charge is 0.381 e. The molecule has 1 unspecified atom stereocenters. The molecular formula is C19H31N7O3. The number of carbonyl (C=O) groups excluding carboxylic acids is 2. The Balaban J connectivity index is 1.32. The van der Waals surface area contributed by atoms with Crippen molar-refractivity contribution in [2.24, 2.45) is 5.92 Å². The summed E-state index contributed by atoms with van der Waals surface area (Å²) in [5, 5.41) is 13.8. The zero-order valence-electron chi connectivity index (χ0n) is 16.9. The molecule has 4 rings (SSSR count). The van der Waals surface area contributed by atoms with Gasteiger partial charge in [0.25, 0.3) is 0 Å². The molecule has 0 radical (unpaired) electrons. The van der Waals surface area contributed by atoms with Crippen LogP contribution in [0.15, 0.2) is 6.33 Å². The number of hydrogen-bond acceptors (Lipinski definition) is 7. The van der Waals surface area contributed by atoms with Gasteiger partial charge in [0.2, 0.25) is 11.8 Å². The van der Waals surface area contributed by atoms with Gasteiger partial charge in [-0.2, -0.15) is 0 Å². The third-order valence-corrected chi connectivity index (χ3v) is 6.15. The first-order valence-corrected chi connectivity index (χ1v) is 10.8. The van der Waals surface area contributed by atoms with Gasteiger partial charge in [-0.15, -0.1) is 5.10 Å². The number of piperidine rings is 1. The topological polar surface area (TPSA) is 105 Å². The van der Waals surface area contributed by atoms with Gasteiger partial charge in [-0.25, -0.2) is 4.68 Å². The summed E-state index contributed by atoms with van der Waals surface area (Å²) in [5.41, 5.74) is 0. The van der Waals surface area contributed by atoms with Crippen molar-refractivity contribution in [2.45, 2.75) is 57.2 Å². The number of amides is 2. The molecule has 160 valence electrons. The number of rotatable bonds is 8. The van der Waals surface area contributed by atoms with Gasteiger partial charge in [0.05, 0.1) is 0 Å². The number of nitrogens with zero attached hydrogens (tertiary/aromatic N) is 6. The molecule has 29 heavy (non-hydrogen) atoms. The molecule has 1 N–H and O–H groups in total. The zero-order valence-corrected chi connectivity index (χ0v) is 16.9. The molecule has 3 heterocycles. The van der Waals surface area contributed by atoms with Crippen LogP contribution < -0.4 is 5.32 Å². The van der Waals surface area contributed by atoms with E-state index in [0.29, 0.717) is 24.5 Å². The molecule has 0 bridgehead atoms. The minimum Gasteiger partial charge on any atom is -0.381 e. The van der Waals surface area contributed by atoms with Gasteiger partial charge < -0.3 is 15.0 Å². The van der Waals surface area contributed by atoms with Crippen molar-refractivity contribution in [2.75, 3.05) is 39.4 Å². The van der Waals surface area contributed by atoms with Gasteiger partial charge in [0.15, 0.2) is 0 Å². The van der Waals surface area contributed by atoms with Crippen LogP contribution in [0.2, 0.25) is 0 Å². The molecule has 2 aliphatic heterocycles. The number of aromatic nitrogens is 4. The Bertz CT molecular complexity index is 673. The fraction of sp³-hybridized carbons (Fsp3) is 0.842. The quantitative estimate of drug-likeness (QED) is 0.631. The molecule has 1 aromatic rings. The Labute approximate surface area is 170 Å². The van der Waals surface area contributed by atoms with E-state index in [1.165, 1.54) is 11.0 Å². The summed E-state index contributed by atoms with van der Waals surface area (Å²) in [4.78, 5) is 29.3. The lowest BCUT2D eigenvalue weighted by atomic mass is 9.98. The summed E-state index contributed by atoms with van der Waals surface area (Å²) < 4.78 is 6.97. The minimum atomic E-state index is -0.0987. The predicted molar refractivity (Wildman–Crippen MR) is 104 cm³/mol. The highest BCUT2D eigenvalue weighted by atomic mass is 16.5. The third kappa shape index (κ3) is 5.51. The van der Waals surface area contributed by atoms with E-state index >= 15 is 0 Å². The minimum absolute atomic E-state index is 0.0987. The highest BCUT2D eigenvalue weighted by molar-refractivity contribution is 5.81. The van der Waals surface area contributed by atoms with Crippen molar-refractivity contribution < 1.29 is 14.3 Å². The molecule has 1 aromatic heterocycles. The maximum atomic E-state index is 12.6. The molecular weight excluding hydrogens is 374 g/mol. The standard InChI is InChI=1S/C19H31N7O3/c27-18(13-25-14-21-22-23-25)20-7-9-26(16-5-10-29-11-6-16)17-2-1-8-24(12-17)19(28)15-3-4-15/h14-17H,1-13H2,(H,20,27). The molecule has 1 atom stereocenters. The lowest BCUT2D eigenvalue weighted by Crippen LogP contribution is -2.55. The first-order chi connectivity index (χ1) is 14.2. The van der Waals surface area contributed by atoms with E-state index in [2.05, 4.69) is 30.6 Å². The Morgan fingerprint density at radius 1 is 1.14 bits per heavy atom. The van der Waals surface area contributed by atoms with E-state index in [4.69, 9.17) is 4.74 Å². The Hall–Kier alpha value is -2.07. The summed E-state index contributed by atoms with van der Waals surface area (Å²) in [6.45, 7) is 4.74. The van der Waals surface area contributed by atoms with Crippen LogP contribution in [0, 0.1) is 5.92 Å². The maximum Gasteiger partial charge on any atom is 0.241 e. The van der Waals surface area contributed by atoms with Gasteiger partial charge in [-0.3, -0.25) is 14.5 Å². The summed E-state index contributed by atoms with van der Waals surface area (Å²) in [7, 11) is 0. The number of ether oxygens (including phenoxy) is 1. The third-order valence-electron chi connectivity index (χ3n) is 6.15. The number of hydrogen-bond donors (Lipinski definition) is 1. The molecule has 0 spiro atoms. The van der Waals surface area contributed by atoms with E-state index in [1.54, 1.807) is 0 Å². The van der Waals surface area contributed by atoms with Crippen molar-refractivity contribution in [3.05, 3.63) is 6.33 Å². The average Bonchev–Trinajstić information content (AvgIpc) is 3.48. The number of carbonyl (C=O) groups is 2. The van der Waals surface area contributed by atoms with Crippen molar-refractivity contribution in [1.29, 1.82) is 0 Å². The summed E-state index contributed by atoms with van der Waals surface area (Å²) in [6.07, 6.45) is 7.70. The van der Waals surface area contributed by atoms with Crippen LogP contribution in [0.3, 0.4) is 0 Å². The van der Waals surface area contributed by atoms with Gasteiger partial charge in [-0.1, -0.05) is 0 Å². The lowest BCUT2D eigenvalue weighted by molar-refractivity contribution is -0.135. The molecule has 2 amide bonds. The van der Waals surface area contributed by atoms with Crippen LogP contribution in [-0.2, 0) is 20.9 Å². The monoisotopic (exact) mass is 405 g/mol. The Morgan fingerprint density at radius 2 is 1.97 bits per heavy atom. The van der Waals surface area contributed by atoms with Gasteiger partial charge >= 0.3 is 0 Å². The van der Waals surface area contributed by atoms with E-state index in [9.17, 15) is 9.59 Å². The number of likely N-dealkylation sites (tertiary alicyclic amines) is 1. The van der Waals surface area contributed by atoms with E-state index < -0.39 is 0 Å². The van der Waals surface area contributed by atoms with Crippen LogP contribution in [0.1, 0.15) is 38.5 Å². The smallest absolute Gasteiger partial charge is 0.241 e. The van der Waals surface area contributed by atoms with Crippen molar-refractivity contribution in [1.82, 2.24) is 35.3 Å². The molecule has 2 saturated heterocycles. The lowest BCUT2D eigenvalue weighted by Gasteiger charge is -2.44. The van der Waals surface area contributed by atoms with Gasteiger partial charge in [0, 0.05) is 57.4 Å². The highest BCUT2D eigenvalue weighted by Crippen LogP contribution is 2.32. The van der Waals surface area contributed by atoms with Crippen molar-refractivity contribution in [3.8, 4) is 0 Å². The number of tetrazole rings is 1. The highest BCUT2D eigenvalue weighted by Gasteiger charge is 2.37. The molecule has 3 aliphatic rings. The van der Waals surface area contributed by atoms with Crippen LogP contribution in [0.25, 0.3) is 0 Å². The first-order valence-electron chi connectivity index (χ1n) is 10.8. The van der Waals surface area contributed by atoms with Crippen LogP contribution >= 0.6 is 0 Å². The second-order valence-electron chi connectivity index (χ2n) is 8.29.